The molecule has 0 aliphatic carbocycles. The molecule has 0 aromatic heterocycles. The fraction of sp³-hybridized carbons (Fsp3) is 0.800. The van der Waals surface area contributed by atoms with Gasteiger partial charge < -0.3 is 15.0 Å². The number of hydrogen-bond acceptors (Lipinski definition) is 4. The largest absolute Gasteiger partial charge is 0.378 e. The van der Waals surface area contributed by atoms with Crippen molar-refractivity contribution in [2.45, 2.75) is 51.7 Å². The van der Waals surface area contributed by atoms with Crippen LogP contribution in [-0.2, 0) is 14.3 Å². The lowest BCUT2D eigenvalue weighted by molar-refractivity contribution is -0.137. The number of nitrogens with one attached hydrogen (secondary N) is 1. The van der Waals surface area contributed by atoms with Gasteiger partial charge in [0.05, 0.1) is 12.5 Å². The van der Waals surface area contributed by atoms with Crippen molar-refractivity contribution < 1.29 is 19.1 Å². The minimum absolute atomic E-state index is 0.0457. The molecule has 2 heterocycles. The zero-order valence-corrected chi connectivity index (χ0v) is 13.3. The van der Waals surface area contributed by atoms with Crippen LogP contribution >= 0.6 is 0 Å². The monoisotopic (exact) mass is 311 g/mol. The Kier molecular flexibility index (Phi) is 5.76. The van der Waals surface area contributed by atoms with Gasteiger partial charge in [0.2, 0.25) is 5.91 Å². The summed E-state index contributed by atoms with van der Waals surface area (Å²) in [5.41, 5.74) is 0. The third-order valence-electron chi connectivity index (χ3n) is 4.13. The Bertz CT molecular complexity index is 433. The Morgan fingerprint density at radius 2 is 1.95 bits per heavy atom. The van der Waals surface area contributed by atoms with Crippen molar-refractivity contribution in [1.29, 1.82) is 0 Å². The van der Waals surface area contributed by atoms with Gasteiger partial charge >= 0.3 is 6.03 Å². The number of urea groups is 1. The highest BCUT2D eigenvalue weighted by Crippen LogP contribution is 2.17. The van der Waals surface area contributed by atoms with Gasteiger partial charge in [-0.1, -0.05) is 6.92 Å². The normalized spacial score (nSPS) is 23.1. The van der Waals surface area contributed by atoms with E-state index in [1.54, 1.807) is 4.90 Å². The van der Waals surface area contributed by atoms with Crippen LogP contribution in [0.2, 0.25) is 0 Å². The van der Waals surface area contributed by atoms with Crippen molar-refractivity contribution in [3.8, 4) is 0 Å². The fourth-order valence-corrected chi connectivity index (χ4v) is 2.96. The summed E-state index contributed by atoms with van der Waals surface area (Å²) in [4.78, 5) is 39.1. The molecular weight excluding hydrogens is 286 g/mol. The summed E-state index contributed by atoms with van der Waals surface area (Å²) < 4.78 is 5.56. The topological polar surface area (TPSA) is 79.0 Å². The number of carbonyl (C=O) groups is 3. The molecule has 124 valence electrons. The predicted octanol–water partition coefficient (Wildman–Crippen LogP) is 0.734. The maximum absolute atomic E-state index is 12.3. The van der Waals surface area contributed by atoms with Crippen molar-refractivity contribution >= 4 is 17.8 Å². The highest BCUT2D eigenvalue weighted by molar-refractivity contribution is 6.05. The smallest absolute Gasteiger partial charge is 0.324 e. The summed E-state index contributed by atoms with van der Waals surface area (Å²) >= 11 is 0. The Morgan fingerprint density at radius 1 is 1.27 bits per heavy atom. The first-order valence-electron chi connectivity index (χ1n) is 8.08. The van der Waals surface area contributed by atoms with Gasteiger partial charge in [-0.25, -0.2) is 4.79 Å². The highest BCUT2D eigenvalue weighted by atomic mass is 16.5. The summed E-state index contributed by atoms with van der Waals surface area (Å²) in [6.07, 6.45) is 2.63. The van der Waals surface area contributed by atoms with Crippen molar-refractivity contribution in [2.75, 3.05) is 26.2 Å². The van der Waals surface area contributed by atoms with Crippen LogP contribution in [0.25, 0.3) is 0 Å². The molecule has 7 heteroatoms. The minimum Gasteiger partial charge on any atom is -0.378 e. The van der Waals surface area contributed by atoms with E-state index in [2.05, 4.69) is 5.32 Å². The molecule has 0 radical (unpaired) electrons. The lowest BCUT2D eigenvalue weighted by Gasteiger charge is -2.32. The van der Waals surface area contributed by atoms with Crippen molar-refractivity contribution in [3.05, 3.63) is 0 Å². The zero-order valence-electron chi connectivity index (χ0n) is 13.3. The Morgan fingerprint density at radius 3 is 2.55 bits per heavy atom. The van der Waals surface area contributed by atoms with E-state index in [9.17, 15) is 14.4 Å². The van der Waals surface area contributed by atoms with E-state index >= 15 is 0 Å². The second-order valence-corrected chi connectivity index (χ2v) is 5.73. The number of hydrogen-bond donors (Lipinski definition) is 1. The molecule has 2 rings (SSSR count). The standard InChI is InChI=1S/C15H25N3O4/c1-3-7-18-14(20)12(16-15(18)21)10-13(19)17-8-5-11(6-9-17)22-4-2/h11-12H,3-10H2,1-2H3,(H,16,21)/t12-/m1/s1. The number of piperidine rings is 1. The van der Waals surface area contributed by atoms with E-state index in [0.717, 1.165) is 12.8 Å². The summed E-state index contributed by atoms with van der Waals surface area (Å²) in [6.45, 7) is 6.26. The van der Waals surface area contributed by atoms with Crippen molar-refractivity contribution in [2.24, 2.45) is 0 Å². The summed E-state index contributed by atoms with van der Waals surface area (Å²) in [5.74, 6) is -0.364. The van der Waals surface area contributed by atoms with Crippen molar-refractivity contribution in [3.63, 3.8) is 0 Å². The van der Waals surface area contributed by atoms with E-state index in [0.29, 0.717) is 32.7 Å². The van der Waals surface area contributed by atoms with Gasteiger partial charge in [0.1, 0.15) is 6.04 Å². The maximum atomic E-state index is 12.3. The molecule has 2 saturated heterocycles. The molecule has 0 saturated carbocycles. The zero-order chi connectivity index (χ0) is 16.1. The van der Waals surface area contributed by atoms with Crippen LogP contribution in [-0.4, -0.2) is 66.0 Å². The lowest BCUT2D eigenvalue weighted by atomic mass is 10.1. The molecule has 1 N–H and O–H groups in total. The molecule has 2 fully saturated rings. The van der Waals surface area contributed by atoms with Crippen LogP contribution < -0.4 is 5.32 Å². The molecule has 0 spiro atoms. The first-order chi connectivity index (χ1) is 10.6. The lowest BCUT2D eigenvalue weighted by Crippen LogP contribution is -2.44. The second-order valence-electron chi connectivity index (χ2n) is 5.73. The molecule has 2 aliphatic heterocycles. The van der Waals surface area contributed by atoms with Crippen LogP contribution in [0.4, 0.5) is 4.79 Å². The van der Waals surface area contributed by atoms with Gasteiger partial charge in [-0.05, 0) is 26.2 Å². The molecule has 22 heavy (non-hydrogen) atoms. The summed E-state index contributed by atoms with van der Waals surface area (Å²) in [5, 5.41) is 2.60. The first-order valence-corrected chi connectivity index (χ1v) is 8.08. The number of likely N-dealkylation sites (tertiary alicyclic amines) is 1. The highest BCUT2D eigenvalue weighted by Gasteiger charge is 2.39. The number of amides is 4. The van der Waals surface area contributed by atoms with Crippen LogP contribution in [0.3, 0.4) is 0 Å². The van der Waals surface area contributed by atoms with Crippen LogP contribution in [0.15, 0.2) is 0 Å². The molecular formula is C15H25N3O4. The van der Waals surface area contributed by atoms with E-state index < -0.39 is 6.04 Å². The number of ether oxygens (including phenoxy) is 1. The number of rotatable bonds is 6. The molecule has 0 aromatic carbocycles. The SMILES string of the molecule is CCCN1C(=O)N[C@H](CC(=O)N2CCC(OCC)CC2)C1=O. The van der Waals surface area contributed by atoms with Crippen LogP contribution in [0.1, 0.15) is 39.5 Å². The van der Waals surface area contributed by atoms with Crippen LogP contribution in [0, 0.1) is 0 Å². The van der Waals surface area contributed by atoms with Gasteiger partial charge in [0.25, 0.3) is 5.91 Å². The number of imide groups is 1. The Labute approximate surface area is 131 Å². The van der Waals surface area contributed by atoms with E-state index in [-0.39, 0.29) is 30.4 Å². The van der Waals surface area contributed by atoms with Gasteiger partial charge in [0, 0.05) is 26.2 Å². The number of carbonyl (C=O) groups excluding carboxylic acids is 3. The molecule has 0 aromatic rings. The second kappa shape index (κ2) is 7.58. The van der Waals surface area contributed by atoms with E-state index in [1.807, 2.05) is 13.8 Å². The Hall–Kier alpha value is -1.63. The van der Waals surface area contributed by atoms with Crippen molar-refractivity contribution in [1.82, 2.24) is 15.1 Å². The quantitative estimate of drug-likeness (QED) is 0.734. The molecule has 1 atom stereocenters. The first kappa shape index (κ1) is 16.7. The average Bonchev–Trinajstić information content (AvgIpc) is 2.76. The number of nitrogens with zero attached hydrogens (tertiary/aromatic N) is 2. The summed E-state index contributed by atoms with van der Waals surface area (Å²) in [7, 11) is 0. The molecule has 0 unspecified atom stereocenters. The molecule has 7 nitrogen and oxygen atoms in total. The third kappa shape index (κ3) is 3.76. The molecule has 0 bridgehead atoms. The molecule has 2 aliphatic rings. The summed E-state index contributed by atoms with van der Waals surface area (Å²) in [6, 6.07) is -1.10. The maximum Gasteiger partial charge on any atom is 0.324 e. The van der Waals surface area contributed by atoms with Gasteiger partial charge in [-0.15, -0.1) is 0 Å². The Balaban J connectivity index is 1.83. The van der Waals surface area contributed by atoms with Gasteiger partial charge in [0.15, 0.2) is 0 Å². The average molecular weight is 311 g/mol. The van der Waals surface area contributed by atoms with Gasteiger partial charge in [-0.3, -0.25) is 14.5 Å². The van der Waals surface area contributed by atoms with E-state index in [1.165, 1.54) is 4.90 Å². The fourth-order valence-electron chi connectivity index (χ4n) is 2.96. The minimum atomic E-state index is -0.712. The third-order valence-corrected chi connectivity index (χ3v) is 4.13. The molecule has 4 amide bonds. The predicted molar refractivity (Wildman–Crippen MR) is 80.2 cm³/mol. The van der Waals surface area contributed by atoms with E-state index in [4.69, 9.17) is 4.74 Å². The van der Waals surface area contributed by atoms with Crippen LogP contribution in [0.5, 0.6) is 0 Å². The van der Waals surface area contributed by atoms with Gasteiger partial charge in [-0.2, -0.15) is 0 Å².